The van der Waals surface area contributed by atoms with E-state index in [-0.39, 0.29) is 5.75 Å². The fraction of sp³-hybridized carbons (Fsp3) is 0.375. The number of aromatic nitrogens is 1. The minimum Gasteiger partial charge on any atom is -0.506 e. The van der Waals surface area contributed by atoms with Crippen LogP contribution < -0.4 is 4.74 Å². The largest absolute Gasteiger partial charge is 0.506 e. The van der Waals surface area contributed by atoms with Crippen molar-refractivity contribution in [1.82, 2.24) is 4.98 Å². The number of methoxy groups -OCH3 is 1. The summed E-state index contributed by atoms with van der Waals surface area (Å²) in [7, 11) is 1.60. The Morgan fingerprint density at radius 3 is 2.92 bits per heavy atom. The van der Waals surface area contributed by atoms with Crippen molar-refractivity contribution in [2.45, 2.75) is 0 Å². The Labute approximate surface area is 70.8 Å². The van der Waals surface area contributed by atoms with E-state index < -0.39 is 0 Å². The molecule has 0 bridgehead atoms. The van der Waals surface area contributed by atoms with Gasteiger partial charge in [-0.05, 0) is 0 Å². The van der Waals surface area contributed by atoms with Crippen LogP contribution in [-0.4, -0.2) is 30.4 Å². The van der Waals surface area contributed by atoms with Crippen LogP contribution in [0.15, 0.2) is 18.5 Å². The first-order chi connectivity index (χ1) is 5.83. The average Bonchev–Trinajstić information content (AvgIpc) is 2.05. The van der Waals surface area contributed by atoms with Crippen LogP contribution in [0.3, 0.4) is 0 Å². The second-order valence-corrected chi connectivity index (χ2v) is 2.22. The van der Waals surface area contributed by atoms with Gasteiger partial charge in [-0.25, -0.2) is 0 Å². The van der Waals surface area contributed by atoms with Crippen molar-refractivity contribution >= 4 is 0 Å². The molecule has 0 aliphatic carbocycles. The molecule has 66 valence electrons. The number of ether oxygens (including phenoxy) is 2. The molecule has 0 aliphatic heterocycles. The third-order valence-corrected chi connectivity index (χ3v) is 1.25. The van der Waals surface area contributed by atoms with Crippen molar-refractivity contribution in [3.63, 3.8) is 0 Å². The van der Waals surface area contributed by atoms with Gasteiger partial charge >= 0.3 is 0 Å². The van der Waals surface area contributed by atoms with E-state index in [1.807, 2.05) is 0 Å². The fourth-order valence-electron chi connectivity index (χ4n) is 0.729. The number of rotatable bonds is 4. The molecule has 0 unspecified atom stereocenters. The Morgan fingerprint density at radius 2 is 2.25 bits per heavy atom. The maximum atomic E-state index is 9.00. The summed E-state index contributed by atoms with van der Waals surface area (Å²) in [6, 6.07) is 1.50. The second kappa shape index (κ2) is 4.56. The molecule has 1 aromatic rings. The Hall–Kier alpha value is -1.29. The highest BCUT2D eigenvalue weighted by Gasteiger charge is 1.94. The van der Waals surface area contributed by atoms with Crippen LogP contribution >= 0.6 is 0 Å². The molecule has 4 nitrogen and oxygen atoms in total. The number of nitrogens with zero attached hydrogens (tertiary/aromatic N) is 1. The fourth-order valence-corrected chi connectivity index (χ4v) is 0.729. The van der Waals surface area contributed by atoms with Gasteiger partial charge in [-0.15, -0.1) is 0 Å². The lowest BCUT2D eigenvalue weighted by Crippen LogP contribution is -2.04. The van der Waals surface area contributed by atoms with Gasteiger partial charge in [0.05, 0.1) is 19.0 Å². The molecule has 0 saturated carbocycles. The lowest BCUT2D eigenvalue weighted by molar-refractivity contribution is 0.146. The maximum Gasteiger partial charge on any atom is 0.141 e. The first-order valence-corrected chi connectivity index (χ1v) is 3.58. The SMILES string of the molecule is COCCOc1cncc(O)c1. The monoisotopic (exact) mass is 169 g/mol. The first kappa shape index (κ1) is 8.80. The van der Waals surface area contributed by atoms with Gasteiger partial charge in [0, 0.05) is 13.2 Å². The highest BCUT2D eigenvalue weighted by atomic mass is 16.5. The van der Waals surface area contributed by atoms with Crippen LogP contribution in [0.1, 0.15) is 0 Å². The molecule has 4 heteroatoms. The zero-order valence-electron chi connectivity index (χ0n) is 6.86. The predicted octanol–water partition coefficient (Wildman–Crippen LogP) is 0.812. The predicted molar refractivity (Wildman–Crippen MR) is 43.3 cm³/mol. The van der Waals surface area contributed by atoms with Crippen molar-refractivity contribution in [2.24, 2.45) is 0 Å². The van der Waals surface area contributed by atoms with Gasteiger partial charge in [0.2, 0.25) is 0 Å². The van der Waals surface area contributed by atoms with E-state index in [0.717, 1.165) is 0 Å². The summed E-state index contributed by atoms with van der Waals surface area (Å²) < 4.78 is 9.97. The molecule has 0 spiro atoms. The highest BCUT2D eigenvalue weighted by molar-refractivity contribution is 5.26. The van der Waals surface area contributed by atoms with Gasteiger partial charge in [-0.1, -0.05) is 0 Å². The standard InChI is InChI=1S/C8H11NO3/c1-11-2-3-12-8-4-7(10)5-9-6-8/h4-6,10H,2-3H2,1H3. The number of hydrogen-bond acceptors (Lipinski definition) is 4. The van der Waals surface area contributed by atoms with Crippen LogP contribution in [0, 0.1) is 0 Å². The van der Waals surface area contributed by atoms with Crippen molar-refractivity contribution in [1.29, 1.82) is 0 Å². The quantitative estimate of drug-likeness (QED) is 0.678. The number of aromatic hydroxyl groups is 1. The average molecular weight is 169 g/mol. The minimum atomic E-state index is 0.102. The van der Waals surface area contributed by atoms with Crippen molar-refractivity contribution in [3.8, 4) is 11.5 Å². The molecule has 0 aromatic carbocycles. The summed E-state index contributed by atoms with van der Waals surface area (Å²) in [4.78, 5) is 3.75. The molecule has 1 rings (SSSR count). The Morgan fingerprint density at radius 1 is 1.42 bits per heavy atom. The first-order valence-electron chi connectivity index (χ1n) is 3.58. The van der Waals surface area contributed by atoms with Crippen molar-refractivity contribution in [2.75, 3.05) is 20.3 Å². The topological polar surface area (TPSA) is 51.6 Å². The Balaban J connectivity index is 2.41. The molecule has 1 heterocycles. The summed E-state index contributed by atoms with van der Waals surface area (Å²) in [6.45, 7) is 0.983. The van der Waals surface area contributed by atoms with E-state index in [0.29, 0.717) is 19.0 Å². The summed E-state index contributed by atoms with van der Waals surface area (Å²) in [5, 5.41) is 9.00. The van der Waals surface area contributed by atoms with Gasteiger partial charge in [0.1, 0.15) is 18.1 Å². The van der Waals surface area contributed by atoms with Crippen LogP contribution in [0.4, 0.5) is 0 Å². The van der Waals surface area contributed by atoms with Crippen LogP contribution in [0.5, 0.6) is 11.5 Å². The third kappa shape index (κ3) is 2.75. The van der Waals surface area contributed by atoms with E-state index in [9.17, 15) is 0 Å². The molecule has 1 aromatic heterocycles. The molecule has 1 N–H and O–H groups in total. The van der Waals surface area contributed by atoms with Gasteiger partial charge < -0.3 is 14.6 Å². The van der Waals surface area contributed by atoms with Crippen LogP contribution in [0.2, 0.25) is 0 Å². The van der Waals surface area contributed by atoms with E-state index >= 15 is 0 Å². The molecular formula is C8H11NO3. The van der Waals surface area contributed by atoms with E-state index in [4.69, 9.17) is 14.6 Å². The van der Waals surface area contributed by atoms with Crippen LogP contribution in [0.25, 0.3) is 0 Å². The smallest absolute Gasteiger partial charge is 0.141 e. The molecule has 0 radical (unpaired) electrons. The minimum absolute atomic E-state index is 0.102. The molecule has 0 saturated heterocycles. The lowest BCUT2D eigenvalue weighted by Gasteiger charge is -2.03. The van der Waals surface area contributed by atoms with Gasteiger partial charge in [-0.2, -0.15) is 0 Å². The molecule has 0 aliphatic rings. The maximum absolute atomic E-state index is 9.00. The Kier molecular flexibility index (Phi) is 3.35. The number of hydrogen-bond donors (Lipinski definition) is 1. The Bertz CT molecular complexity index is 239. The molecule has 0 fully saturated rings. The second-order valence-electron chi connectivity index (χ2n) is 2.22. The van der Waals surface area contributed by atoms with E-state index in [2.05, 4.69) is 4.98 Å². The van der Waals surface area contributed by atoms with Gasteiger partial charge in [-0.3, -0.25) is 4.98 Å². The summed E-state index contributed by atoms with van der Waals surface area (Å²) in [5.74, 6) is 0.650. The molecule has 0 amide bonds. The van der Waals surface area contributed by atoms with E-state index in [1.165, 1.54) is 18.5 Å². The van der Waals surface area contributed by atoms with Crippen molar-refractivity contribution in [3.05, 3.63) is 18.5 Å². The zero-order valence-corrected chi connectivity index (χ0v) is 6.86. The van der Waals surface area contributed by atoms with Gasteiger partial charge in [0.25, 0.3) is 0 Å². The van der Waals surface area contributed by atoms with Gasteiger partial charge in [0.15, 0.2) is 0 Å². The molecular weight excluding hydrogens is 158 g/mol. The van der Waals surface area contributed by atoms with E-state index in [1.54, 1.807) is 7.11 Å². The molecule has 12 heavy (non-hydrogen) atoms. The normalized spacial score (nSPS) is 9.75. The highest BCUT2D eigenvalue weighted by Crippen LogP contribution is 2.14. The molecule has 0 atom stereocenters. The summed E-state index contributed by atoms with van der Waals surface area (Å²) >= 11 is 0. The zero-order chi connectivity index (χ0) is 8.81. The third-order valence-electron chi connectivity index (χ3n) is 1.25. The lowest BCUT2D eigenvalue weighted by atomic mass is 10.4. The number of pyridine rings is 1. The van der Waals surface area contributed by atoms with Crippen LogP contribution in [-0.2, 0) is 4.74 Å². The summed E-state index contributed by atoms with van der Waals surface area (Å²) in [6.07, 6.45) is 2.89. The van der Waals surface area contributed by atoms with Crippen molar-refractivity contribution < 1.29 is 14.6 Å². The summed E-state index contributed by atoms with van der Waals surface area (Å²) in [5.41, 5.74) is 0.